The lowest BCUT2D eigenvalue weighted by molar-refractivity contribution is -0.145. The van der Waals surface area contributed by atoms with E-state index in [0.717, 1.165) is 11.3 Å². The first-order valence-electron chi connectivity index (χ1n) is 8.09. The molecule has 0 unspecified atom stereocenters. The van der Waals surface area contributed by atoms with Crippen molar-refractivity contribution < 1.29 is 9.53 Å². The van der Waals surface area contributed by atoms with E-state index in [4.69, 9.17) is 4.74 Å². The molecule has 0 saturated carbocycles. The van der Waals surface area contributed by atoms with E-state index in [1.165, 1.54) is 0 Å². The lowest BCUT2D eigenvalue weighted by Gasteiger charge is -2.19. The molecule has 25 heavy (non-hydrogen) atoms. The molecule has 0 aliphatic heterocycles. The molecule has 2 aromatic rings. The fraction of sp³-hybridized carbons (Fsp3) is 0.350. The highest BCUT2D eigenvalue weighted by molar-refractivity contribution is 5.98. The van der Waals surface area contributed by atoms with E-state index < -0.39 is 11.4 Å². The van der Waals surface area contributed by atoms with Crippen molar-refractivity contribution in [1.82, 2.24) is 9.78 Å². The summed E-state index contributed by atoms with van der Waals surface area (Å²) in [7, 11) is 1.78. The number of aryl methyl sites for hydroxylation is 2. The molecule has 0 saturated heterocycles. The summed E-state index contributed by atoms with van der Waals surface area (Å²) in [6, 6.07) is 11.4. The van der Waals surface area contributed by atoms with Crippen LogP contribution in [0.15, 0.2) is 30.3 Å². The number of esters is 1. The van der Waals surface area contributed by atoms with Gasteiger partial charge in [0, 0.05) is 12.6 Å². The van der Waals surface area contributed by atoms with E-state index in [1.807, 2.05) is 44.2 Å². The Labute approximate surface area is 148 Å². The number of benzene rings is 1. The van der Waals surface area contributed by atoms with Gasteiger partial charge in [0.1, 0.15) is 17.3 Å². The van der Waals surface area contributed by atoms with Gasteiger partial charge in [0.25, 0.3) is 0 Å². The van der Waals surface area contributed by atoms with Crippen LogP contribution in [0.2, 0.25) is 0 Å². The molecule has 1 heterocycles. The van der Waals surface area contributed by atoms with Crippen molar-refractivity contribution in [2.75, 3.05) is 0 Å². The number of ether oxygens (including phenoxy) is 1. The molecule has 0 atom stereocenters. The molecular formula is C20H23N3O2. The average molecular weight is 337 g/mol. The molecule has 0 N–H and O–H groups in total. The standard InChI is InChI=1S/C20H23N3O2/c1-13-14(2)22-23(6)17(13)18(25-19(24)20(3,4)5)16(12-21)15-10-8-7-9-11-15/h7-11H,1-6H3/b18-16-. The minimum Gasteiger partial charge on any atom is -0.422 e. The molecule has 0 bridgehead atoms. The number of aromatic nitrogens is 2. The van der Waals surface area contributed by atoms with E-state index in [2.05, 4.69) is 11.2 Å². The normalized spacial score (nSPS) is 12.4. The number of carbonyl (C=O) groups is 1. The van der Waals surface area contributed by atoms with E-state index in [9.17, 15) is 10.1 Å². The lowest BCUT2D eigenvalue weighted by Crippen LogP contribution is -2.23. The zero-order chi connectivity index (χ0) is 18.8. The van der Waals surface area contributed by atoms with Crippen LogP contribution in [0.1, 0.15) is 43.3 Å². The molecule has 5 heteroatoms. The minimum absolute atomic E-state index is 0.245. The quantitative estimate of drug-likeness (QED) is 0.482. The Balaban J connectivity index is 2.74. The van der Waals surface area contributed by atoms with Gasteiger partial charge in [-0.15, -0.1) is 0 Å². The third-order valence-electron chi connectivity index (χ3n) is 3.95. The number of hydrogen-bond donors (Lipinski definition) is 0. The van der Waals surface area contributed by atoms with Crippen LogP contribution in [-0.2, 0) is 16.6 Å². The maximum atomic E-state index is 12.5. The second-order valence-corrected chi connectivity index (χ2v) is 7.00. The fourth-order valence-electron chi connectivity index (χ4n) is 2.40. The van der Waals surface area contributed by atoms with Gasteiger partial charge in [-0.2, -0.15) is 10.4 Å². The van der Waals surface area contributed by atoms with Crippen molar-refractivity contribution in [3.63, 3.8) is 0 Å². The van der Waals surface area contributed by atoms with Crippen molar-refractivity contribution in [2.24, 2.45) is 12.5 Å². The van der Waals surface area contributed by atoms with Crippen molar-refractivity contribution >= 4 is 17.3 Å². The Bertz CT molecular complexity index is 863. The summed E-state index contributed by atoms with van der Waals surface area (Å²) in [6.45, 7) is 9.13. The molecule has 2 rings (SSSR count). The van der Waals surface area contributed by atoms with E-state index >= 15 is 0 Å². The zero-order valence-electron chi connectivity index (χ0n) is 15.5. The Kier molecular flexibility index (Phi) is 5.13. The number of carbonyl (C=O) groups excluding carboxylic acids is 1. The third-order valence-corrected chi connectivity index (χ3v) is 3.95. The third kappa shape index (κ3) is 3.80. The second-order valence-electron chi connectivity index (χ2n) is 7.00. The topological polar surface area (TPSA) is 67.9 Å². The first-order chi connectivity index (χ1) is 11.7. The first kappa shape index (κ1) is 18.5. The Morgan fingerprint density at radius 1 is 1.20 bits per heavy atom. The molecular weight excluding hydrogens is 314 g/mol. The molecule has 0 radical (unpaired) electrons. The van der Waals surface area contributed by atoms with Crippen LogP contribution in [0.5, 0.6) is 0 Å². The predicted molar refractivity (Wildman–Crippen MR) is 97.1 cm³/mol. The van der Waals surface area contributed by atoms with E-state index in [0.29, 0.717) is 16.8 Å². The minimum atomic E-state index is -0.690. The van der Waals surface area contributed by atoms with Crippen molar-refractivity contribution in [3.8, 4) is 6.07 Å². The van der Waals surface area contributed by atoms with Crippen LogP contribution in [0.25, 0.3) is 11.3 Å². The number of rotatable bonds is 3. The molecule has 0 amide bonds. The second kappa shape index (κ2) is 6.94. The van der Waals surface area contributed by atoms with Crippen LogP contribution in [-0.4, -0.2) is 15.7 Å². The van der Waals surface area contributed by atoms with E-state index in [1.54, 1.807) is 32.5 Å². The highest BCUT2D eigenvalue weighted by Crippen LogP contribution is 2.32. The van der Waals surface area contributed by atoms with Gasteiger partial charge in [-0.3, -0.25) is 9.48 Å². The zero-order valence-corrected chi connectivity index (χ0v) is 15.5. The molecule has 1 aromatic heterocycles. The van der Waals surface area contributed by atoms with Crippen LogP contribution in [0.4, 0.5) is 0 Å². The van der Waals surface area contributed by atoms with Gasteiger partial charge < -0.3 is 4.74 Å². The van der Waals surface area contributed by atoms with Crippen molar-refractivity contribution in [3.05, 3.63) is 52.8 Å². The van der Waals surface area contributed by atoms with Gasteiger partial charge in [-0.25, -0.2) is 0 Å². The van der Waals surface area contributed by atoms with Gasteiger partial charge in [0.2, 0.25) is 0 Å². The molecule has 0 fully saturated rings. The summed E-state index contributed by atoms with van der Waals surface area (Å²) in [5.41, 5.74) is 2.65. The molecule has 0 spiro atoms. The van der Waals surface area contributed by atoms with Crippen LogP contribution in [0, 0.1) is 30.6 Å². The molecule has 130 valence electrons. The molecule has 0 aliphatic carbocycles. The van der Waals surface area contributed by atoms with Gasteiger partial charge in [-0.1, -0.05) is 30.3 Å². The SMILES string of the molecule is Cc1nn(C)c(/C(OC(=O)C(C)(C)C)=C(\C#N)c2ccccc2)c1C. The number of allylic oxidation sites excluding steroid dienone is 1. The Morgan fingerprint density at radius 2 is 1.80 bits per heavy atom. The number of hydrogen-bond acceptors (Lipinski definition) is 4. The number of nitrogens with zero attached hydrogens (tertiary/aromatic N) is 3. The fourth-order valence-corrected chi connectivity index (χ4v) is 2.40. The highest BCUT2D eigenvalue weighted by Gasteiger charge is 2.29. The Hall–Kier alpha value is -2.87. The van der Waals surface area contributed by atoms with Gasteiger partial charge in [0.15, 0.2) is 5.76 Å². The maximum Gasteiger partial charge on any atom is 0.316 e. The van der Waals surface area contributed by atoms with Gasteiger partial charge >= 0.3 is 5.97 Å². The smallest absolute Gasteiger partial charge is 0.316 e. The maximum absolute atomic E-state index is 12.5. The summed E-state index contributed by atoms with van der Waals surface area (Å²) < 4.78 is 7.39. The summed E-state index contributed by atoms with van der Waals surface area (Å²) in [5, 5.41) is 14.2. The first-order valence-corrected chi connectivity index (χ1v) is 8.09. The number of nitriles is 1. The highest BCUT2D eigenvalue weighted by atomic mass is 16.5. The van der Waals surface area contributed by atoms with E-state index in [-0.39, 0.29) is 5.76 Å². The summed E-state index contributed by atoms with van der Waals surface area (Å²) in [5.74, 6) is -0.154. The molecule has 0 aliphatic rings. The van der Waals surface area contributed by atoms with Gasteiger partial charge in [-0.05, 0) is 40.2 Å². The predicted octanol–water partition coefficient (Wildman–Crippen LogP) is 4.02. The molecule has 5 nitrogen and oxygen atoms in total. The van der Waals surface area contributed by atoms with Crippen LogP contribution >= 0.6 is 0 Å². The summed E-state index contributed by atoms with van der Waals surface area (Å²) >= 11 is 0. The monoisotopic (exact) mass is 337 g/mol. The van der Waals surface area contributed by atoms with Crippen LogP contribution in [0.3, 0.4) is 0 Å². The molecule has 1 aromatic carbocycles. The Morgan fingerprint density at radius 3 is 2.24 bits per heavy atom. The largest absolute Gasteiger partial charge is 0.422 e. The summed E-state index contributed by atoms with van der Waals surface area (Å²) in [6.07, 6.45) is 0. The van der Waals surface area contributed by atoms with Crippen LogP contribution < -0.4 is 0 Å². The lowest BCUT2D eigenvalue weighted by atomic mass is 9.97. The van der Waals surface area contributed by atoms with Crippen molar-refractivity contribution in [2.45, 2.75) is 34.6 Å². The van der Waals surface area contributed by atoms with Gasteiger partial charge in [0.05, 0.1) is 11.1 Å². The average Bonchev–Trinajstić information content (AvgIpc) is 2.80. The van der Waals surface area contributed by atoms with Crippen molar-refractivity contribution in [1.29, 1.82) is 5.26 Å². The summed E-state index contributed by atoms with van der Waals surface area (Å²) in [4.78, 5) is 12.5.